The van der Waals surface area contributed by atoms with Gasteiger partial charge in [0.05, 0.1) is 24.3 Å². The number of nitrogens with zero attached hydrogens (tertiary/aromatic N) is 5. The Kier molecular flexibility index (Phi) is 4.93. The van der Waals surface area contributed by atoms with Gasteiger partial charge in [-0.2, -0.15) is 18.2 Å². The molecule has 29 heavy (non-hydrogen) atoms. The van der Waals surface area contributed by atoms with Crippen molar-refractivity contribution in [2.45, 2.75) is 31.2 Å². The first-order valence-corrected chi connectivity index (χ1v) is 9.32. The van der Waals surface area contributed by atoms with Crippen LogP contribution in [0.3, 0.4) is 0 Å². The van der Waals surface area contributed by atoms with Crippen molar-refractivity contribution in [2.24, 2.45) is 5.73 Å². The highest BCUT2D eigenvalue weighted by molar-refractivity contribution is 5.69. The molecule has 11 heteroatoms. The normalized spacial score (nSPS) is 18.8. The van der Waals surface area contributed by atoms with Gasteiger partial charge in [-0.1, -0.05) is 0 Å². The summed E-state index contributed by atoms with van der Waals surface area (Å²) in [5, 5.41) is 0. The minimum Gasteiger partial charge on any atom is -0.384 e. The number of halogens is 4. The third-order valence-electron chi connectivity index (χ3n) is 5.19. The first-order valence-electron chi connectivity index (χ1n) is 9.32. The van der Waals surface area contributed by atoms with Crippen LogP contribution in [0.2, 0.25) is 0 Å². The number of pyridine rings is 1. The number of piperidine rings is 1. The van der Waals surface area contributed by atoms with Crippen LogP contribution in [0.25, 0.3) is 11.3 Å². The number of hydrogen-bond donors (Lipinski definition) is 2. The average molecular weight is 411 g/mol. The molecule has 4 rings (SSSR count). The first kappa shape index (κ1) is 19.6. The Morgan fingerprint density at radius 2 is 1.72 bits per heavy atom. The van der Waals surface area contributed by atoms with Crippen molar-refractivity contribution in [1.82, 2.24) is 15.0 Å². The smallest absolute Gasteiger partial charge is 0.384 e. The number of alkyl halides is 4. The Hall–Kier alpha value is -2.69. The van der Waals surface area contributed by atoms with Gasteiger partial charge in [0.15, 0.2) is 0 Å². The predicted octanol–water partition coefficient (Wildman–Crippen LogP) is 2.23. The molecule has 0 amide bonds. The van der Waals surface area contributed by atoms with Gasteiger partial charge in [0, 0.05) is 37.0 Å². The van der Waals surface area contributed by atoms with Crippen LogP contribution in [-0.4, -0.2) is 53.3 Å². The largest absolute Gasteiger partial charge is 0.417 e. The van der Waals surface area contributed by atoms with E-state index in [4.69, 9.17) is 11.5 Å². The van der Waals surface area contributed by atoms with Crippen molar-refractivity contribution in [3.05, 3.63) is 23.9 Å². The molecule has 0 aromatic carbocycles. The summed E-state index contributed by atoms with van der Waals surface area (Å²) in [5.41, 5.74) is 10.4. The summed E-state index contributed by atoms with van der Waals surface area (Å²) in [7, 11) is 0. The third-order valence-corrected chi connectivity index (χ3v) is 5.19. The number of aromatic nitrogens is 3. The van der Waals surface area contributed by atoms with E-state index in [-0.39, 0.29) is 36.2 Å². The van der Waals surface area contributed by atoms with E-state index in [1.807, 2.05) is 4.90 Å². The van der Waals surface area contributed by atoms with Crippen molar-refractivity contribution < 1.29 is 17.6 Å². The van der Waals surface area contributed by atoms with Gasteiger partial charge in [-0.05, 0) is 18.9 Å². The van der Waals surface area contributed by atoms with Gasteiger partial charge in [-0.3, -0.25) is 0 Å². The molecular formula is C18H21F4N7. The molecule has 7 nitrogen and oxygen atoms in total. The molecule has 2 aliphatic heterocycles. The van der Waals surface area contributed by atoms with Gasteiger partial charge in [0.25, 0.3) is 0 Å². The van der Waals surface area contributed by atoms with Crippen molar-refractivity contribution in [3.8, 4) is 11.3 Å². The molecule has 0 saturated carbocycles. The second-order valence-corrected chi connectivity index (χ2v) is 7.39. The average Bonchev–Trinajstić information content (AvgIpc) is 2.65. The number of nitrogen functional groups attached to an aromatic ring is 1. The molecule has 4 N–H and O–H groups in total. The Labute approximate surface area is 164 Å². The quantitative estimate of drug-likeness (QED) is 0.748. The summed E-state index contributed by atoms with van der Waals surface area (Å²) in [5.74, 6) is 0.457. The van der Waals surface area contributed by atoms with E-state index in [0.29, 0.717) is 24.9 Å². The highest BCUT2D eigenvalue weighted by Gasteiger charge is 2.36. The fourth-order valence-corrected chi connectivity index (χ4v) is 3.48. The van der Waals surface area contributed by atoms with Crippen LogP contribution in [-0.2, 0) is 6.18 Å². The van der Waals surface area contributed by atoms with Gasteiger partial charge < -0.3 is 21.3 Å². The van der Waals surface area contributed by atoms with Gasteiger partial charge >= 0.3 is 6.18 Å². The molecule has 0 bridgehead atoms. The summed E-state index contributed by atoms with van der Waals surface area (Å²) in [6.45, 7) is 1.49. The van der Waals surface area contributed by atoms with Crippen LogP contribution in [0.5, 0.6) is 0 Å². The monoisotopic (exact) mass is 411 g/mol. The zero-order chi connectivity index (χ0) is 20.8. The molecular weight excluding hydrogens is 390 g/mol. The Balaban J connectivity index is 1.79. The second kappa shape index (κ2) is 7.29. The minimum absolute atomic E-state index is 0.0713. The molecule has 0 spiro atoms. The van der Waals surface area contributed by atoms with E-state index in [0.717, 1.165) is 25.1 Å². The molecule has 2 fully saturated rings. The van der Waals surface area contributed by atoms with Gasteiger partial charge in [-0.15, -0.1) is 0 Å². The summed E-state index contributed by atoms with van der Waals surface area (Å²) < 4.78 is 54.1. The molecule has 0 aliphatic carbocycles. The third kappa shape index (κ3) is 4.04. The maximum absolute atomic E-state index is 13.6. The SMILES string of the molecule is Nc1cc(C(F)(F)F)c(-c2cc(N3CC(F)C3)nc(N3CCC(N)CC3)n2)cn1. The zero-order valence-corrected chi connectivity index (χ0v) is 15.5. The summed E-state index contributed by atoms with van der Waals surface area (Å²) in [6, 6.07) is 2.31. The maximum atomic E-state index is 13.6. The molecule has 0 atom stereocenters. The lowest BCUT2D eigenvalue weighted by Crippen LogP contribution is -2.49. The van der Waals surface area contributed by atoms with Crippen molar-refractivity contribution >= 4 is 17.6 Å². The van der Waals surface area contributed by atoms with E-state index in [1.165, 1.54) is 6.07 Å². The molecule has 156 valence electrons. The van der Waals surface area contributed by atoms with E-state index < -0.39 is 17.9 Å². The number of nitrogens with two attached hydrogens (primary N) is 2. The van der Waals surface area contributed by atoms with E-state index in [2.05, 4.69) is 15.0 Å². The second-order valence-electron chi connectivity index (χ2n) is 7.39. The van der Waals surface area contributed by atoms with Crippen LogP contribution in [0.15, 0.2) is 18.3 Å². The van der Waals surface area contributed by atoms with Gasteiger partial charge in [0.1, 0.15) is 17.8 Å². The number of rotatable bonds is 3. The van der Waals surface area contributed by atoms with Crippen LogP contribution in [0, 0.1) is 0 Å². The van der Waals surface area contributed by atoms with Crippen molar-refractivity contribution in [2.75, 3.05) is 41.7 Å². The lowest BCUT2D eigenvalue weighted by Gasteiger charge is -2.36. The minimum atomic E-state index is -4.63. The lowest BCUT2D eigenvalue weighted by molar-refractivity contribution is -0.137. The van der Waals surface area contributed by atoms with Gasteiger partial charge in [-0.25, -0.2) is 14.4 Å². The van der Waals surface area contributed by atoms with Crippen LogP contribution < -0.4 is 21.3 Å². The zero-order valence-electron chi connectivity index (χ0n) is 15.5. The predicted molar refractivity (Wildman–Crippen MR) is 101 cm³/mol. The van der Waals surface area contributed by atoms with Gasteiger partial charge in [0.2, 0.25) is 5.95 Å². The fraction of sp³-hybridized carbons (Fsp3) is 0.500. The Bertz CT molecular complexity index is 890. The molecule has 2 saturated heterocycles. The number of hydrogen-bond acceptors (Lipinski definition) is 7. The van der Waals surface area contributed by atoms with E-state index in [1.54, 1.807) is 4.90 Å². The fourth-order valence-electron chi connectivity index (χ4n) is 3.48. The molecule has 2 aliphatic rings. The maximum Gasteiger partial charge on any atom is 0.417 e. The van der Waals surface area contributed by atoms with Crippen LogP contribution in [0.1, 0.15) is 18.4 Å². The molecule has 0 radical (unpaired) electrons. The summed E-state index contributed by atoms with van der Waals surface area (Å²) in [6.07, 6.45) is -3.08. The van der Waals surface area contributed by atoms with Crippen LogP contribution >= 0.6 is 0 Å². The van der Waals surface area contributed by atoms with Crippen LogP contribution in [0.4, 0.5) is 35.1 Å². The molecule has 0 unspecified atom stereocenters. The standard InChI is InChI=1S/C18H21F4N7/c19-10-8-29(9-10)16-6-14(12-7-25-15(24)5-13(12)18(20,21)22)26-17(27-16)28-3-1-11(23)2-4-28/h5-7,10-11H,1-4,8-9,23H2,(H2,24,25). The van der Waals surface area contributed by atoms with Crippen molar-refractivity contribution in [3.63, 3.8) is 0 Å². The Morgan fingerprint density at radius 1 is 1.03 bits per heavy atom. The van der Waals surface area contributed by atoms with E-state index >= 15 is 0 Å². The van der Waals surface area contributed by atoms with E-state index in [9.17, 15) is 17.6 Å². The summed E-state index contributed by atoms with van der Waals surface area (Å²) >= 11 is 0. The first-order chi connectivity index (χ1) is 13.7. The summed E-state index contributed by atoms with van der Waals surface area (Å²) in [4.78, 5) is 16.2. The number of anilines is 3. The molecule has 4 heterocycles. The molecule has 2 aromatic rings. The highest BCUT2D eigenvalue weighted by Crippen LogP contribution is 2.38. The Morgan fingerprint density at radius 3 is 2.34 bits per heavy atom. The topological polar surface area (TPSA) is 97.2 Å². The highest BCUT2D eigenvalue weighted by atomic mass is 19.4. The molecule has 2 aromatic heterocycles. The lowest BCUT2D eigenvalue weighted by atomic mass is 10.1. The van der Waals surface area contributed by atoms with Crippen molar-refractivity contribution in [1.29, 1.82) is 0 Å².